The molecule has 3 aromatic rings. The zero-order valence-electron chi connectivity index (χ0n) is 20.9. The number of hydrogen-bond acceptors (Lipinski definition) is 5. The lowest BCUT2D eigenvalue weighted by atomic mass is 9.83. The largest absolute Gasteiger partial charge is 0.466 e. The van der Waals surface area contributed by atoms with E-state index in [9.17, 15) is 9.18 Å². The van der Waals surface area contributed by atoms with Crippen LogP contribution < -0.4 is 0 Å². The highest BCUT2D eigenvalue weighted by atomic mass is 32.1. The monoisotopic (exact) mass is 514 g/mol. The molecule has 2 heterocycles. The quantitative estimate of drug-likeness (QED) is 0.272. The van der Waals surface area contributed by atoms with Crippen molar-refractivity contribution >= 4 is 23.4 Å². The molecule has 4 rings (SSSR count). The Balaban J connectivity index is 1.84. The molecule has 0 fully saturated rings. The SMILES string of the molecule is COC(=O)/C=C/c1cc(F)c(C2c3ccc(-c4cnc(C)s4)cc3CC(C)N2CC(C)(C)F)c(F)c1. The van der Waals surface area contributed by atoms with E-state index in [-0.39, 0.29) is 23.7 Å². The average molecular weight is 515 g/mol. The molecule has 0 spiro atoms. The first kappa shape index (κ1) is 26.1. The standard InChI is InChI=1S/C28H29F3N2O2S/c1-16-10-20-13-19(24-14-32-17(2)36-24)7-8-21(20)27(33(16)15-28(3,4)31)26-22(29)11-18(12-23(26)30)6-9-25(34)35-5/h6-9,11-14,16,27H,10,15H2,1-5H3/b9-6+. The van der Waals surface area contributed by atoms with Gasteiger partial charge in [0.25, 0.3) is 0 Å². The molecule has 1 aliphatic rings. The summed E-state index contributed by atoms with van der Waals surface area (Å²) in [7, 11) is 1.22. The third-order valence-electron chi connectivity index (χ3n) is 6.30. The van der Waals surface area contributed by atoms with E-state index in [1.807, 2.05) is 43.1 Å². The molecule has 0 N–H and O–H groups in total. The van der Waals surface area contributed by atoms with Crippen molar-refractivity contribution < 1.29 is 22.7 Å². The second-order valence-electron chi connectivity index (χ2n) is 9.76. The van der Waals surface area contributed by atoms with Gasteiger partial charge in [-0.2, -0.15) is 0 Å². The molecule has 2 unspecified atom stereocenters. The number of ether oxygens (including phenoxy) is 1. The fourth-order valence-corrected chi connectivity index (χ4v) is 5.54. The molecule has 0 radical (unpaired) electrons. The predicted octanol–water partition coefficient (Wildman–Crippen LogP) is 6.67. The van der Waals surface area contributed by atoms with Crippen LogP contribution >= 0.6 is 11.3 Å². The van der Waals surface area contributed by atoms with Crippen LogP contribution in [0.2, 0.25) is 0 Å². The Morgan fingerprint density at radius 2 is 1.94 bits per heavy atom. The zero-order chi connectivity index (χ0) is 26.2. The summed E-state index contributed by atoms with van der Waals surface area (Å²) >= 11 is 1.58. The first-order valence-corrected chi connectivity index (χ1v) is 12.5. The molecule has 2 atom stereocenters. The third-order valence-corrected chi connectivity index (χ3v) is 7.26. The van der Waals surface area contributed by atoms with Crippen LogP contribution in [0.4, 0.5) is 13.2 Å². The number of halogens is 3. The van der Waals surface area contributed by atoms with Gasteiger partial charge in [-0.15, -0.1) is 11.3 Å². The lowest BCUT2D eigenvalue weighted by Crippen LogP contribution is -2.48. The van der Waals surface area contributed by atoms with Crippen molar-refractivity contribution in [3.8, 4) is 10.4 Å². The third kappa shape index (κ3) is 5.55. The number of thiazole rings is 1. The minimum atomic E-state index is -1.57. The van der Waals surface area contributed by atoms with Crippen molar-refractivity contribution in [1.29, 1.82) is 0 Å². The number of aryl methyl sites for hydroxylation is 1. The second kappa shape index (κ2) is 10.2. The van der Waals surface area contributed by atoms with Gasteiger partial charge in [0, 0.05) is 30.4 Å². The maximum Gasteiger partial charge on any atom is 0.330 e. The van der Waals surface area contributed by atoms with E-state index in [1.165, 1.54) is 39.2 Å². The van der Waals surface area contributed by atoms with Crippen molar-refractivity contribution in [3.63, 3.8) is 0 Å². The first-order valence-electron chi connectivity index (χ1n) is 11.7. The molecule has 1 aliphatic heterocycles. The average Bonchev–Trinajstić information content (AvgIpc) is 3.24. The minimum Gasteiger partial charge on any atom is -0.466 e. The van der Waals surface area contributed by atoms with Crippen LogP contribution in [-0.4, -0.2) is 41.2 Å². The van der Waals surface area contributed by atoms with Gasteiger partial charge in [0.05, 0.1) is 23.0 Å². The van der Waals surface area contributed by atoms with Crippen molar-refractivity contribution in [2.24, 2.45) is 0 Å². The fourth-order valence-electron chi connectivity index (χ4n) is 4.76. The maximum atomic E-state index is 15.6. The van der Waals surface area contributed by atoms with E-state index in [1.54, 1.807) is 11.3 Å². The molecule has 0 bridgehead atoms. The molecule has 1 aromatic heterocycles. The van der Waals surface area contributed by atoms with Crippen molar-refractivity contribution in [2.45, 2.75) is 51.9 Å². The van der Waals surface area contributed by atoms with Gasteiger partial charge in [0.2, 0.25) is 0 Å². The number of alkyl halides is 1. The van der Waals surface area contributed by atoms with E-state index in [4.69, 9.17) is 0 Å². The number of aromatic nitrogens is 1. The van der Waals surface area contributed by atoms with Crippen LogP contribution in [0.1, 0.15) is 54.1 Å². The Bertz CT molecular complexity index is 1290. The van der Waals surface area contributed by atoms with Crippen molar-refractivity contribution in [2.75, 3.05) is 13.7 Å². The van der Waals surface area contributed by atoms with Crippen molar-refractivity contribution in [3.05, 3.63) is 81.5 Å². The van der Waals surface area contributed by atoms with Gasteiger partial charge in [-0.3, -0.25) is 4.90 Å². The highest BCUT2D eigenvalue weighted by Crippen LogP contribution is 2.42. The van der Waals surface area contributed by atoms with Crippen LogP contribution in [0.5, 0.6) is 0 Å². The summed E-state index contributed by atoms with van der Waals surface area (Å²) in [5, 5.41) is 0.954. The van der Waals surface area contributed by atoms with E-state index >= 15 is 8.78 Å². The van der Waals surface area contributed by atoms with Gasteiger partial charge in [-0.1, -0.05) is 12.1 Å². The molecule has 190 valence electrons. The van der Waals surface area contributed by atoms with Gasteiger partial charge in [0.1, 0.15) is 17.3 Å². The van der Waals surface area contributed by atoms with Crippen molar-refractivity contribution in [1.82, 2.24) is 9.88 Å². The summed E-state index contributed by atoms with van der Waals surface area (Å²) in [5.74, 6) is -2.14. The summed E-state index contributed by atoms with van der Waals surface area (Å²) < 4.78 is 50.6. The lowest BCUT2D eigenvalue weighted by molar-refractivity contribution is -0.134. The van der Waals surface area contributed by atoms with Crippen LogP contribution in [0.3, 0.4) is 0 Å². The molecule has 0 saturated heterocycles. The Morgan fingerprint density at radius 1 is 1.25 bits per heavy atom. The summed E-state index contributed by atoms with van der Waals surface area (Å²) in [6, 6.07) is 7.26. The number of fused-ring (bicyclic) bond motifs is 1. The number of esters is 1. The highest BCUT2D eigenvalue weighted by molar-refractivity contribution is 7.15. The molecule has 0 aliphatic carbocycles. The summed E-state index contributed by atoms with van der Waals surface area (Å²) in [5.41, 5.74) is 1.20. The zero-order valence-corrected chi connectivity index (χ0v) is 21.8. The number of rotatable bonds is 6. The van der Waals surface area contributed by atoms with Gasteiger partial charge in [-0.05, 0) is 80.6 Å². The molecule has 36 heavy (non-hydrogen) atoms. The Labute approximate surface area is 213 Å². The molecule has 4 nitrogen and oxygen atoms in total. The summed E-state index contributed by atoms with van der Waals surface area (Å²) in [6.07, 6.45) is 4.84. The molecule has 0 amide bonds. The summed E-state index contributed by atoms with van der Waals surface area (Å²) in [4.78, 5) is 18.6. The first-order chi connectivity index (χ1) is 17.0. The molecule has 2 aromatic carbocycles. The number of carbonyl (C=O) groups is 1. The summed E-state index contributed by atoms with van der Waals surface area (Å²) in [6.45, 7) is 6.84. The maximum absolute atomic E-state index is 15.6. The molecular weight excluding hydrogens is 485 g/mol. The smallest absolute Gasteiger partial charge is 0.330 e. The molecule has 0 saturated carbocycles. The number of methoxy groups -OCH3 is 1. The predicted molar refractivity (Wildman–Crippen MR) is 137 cm³/mol. The Hall–Kier alpha value is -2.97. The number of nitrogens with zero attached hydrogens (tertiary/aromatic N) is 2. The van der Waals surface area contributed by atoms with Crippen LogP contribution in [0.15, 0.2) is 42.6 Å². The number of hydrogen-bond donors (Lipinski definition) is 0. The highest BCUT2D eigenvalue weighted by Gasteiger charge is 2.39. The molecular formula is C28H29F3N2O2S. The van der Waals surface area contributed by atoms with Gasteiger partial charge < -0.3 is 4.74 Å². The van der Waals surface area contributed by atoms with E-state index < -0.39 is 29.3 Å². The Kier molecular flexibility index (Phi) is 7.38. The van der Waals surface area contributed by atoms with Crippen LogP contribution in [-0.2, 0) is 16.0 Å². The lowest BCUT2D eigenvalue weighted by Gasteiger charge is -2.44. The fraction of sp³-hybridized carbons (Fsp3) is 0.357. The number of carbonyl (C=O) groups excluding carboxylic acids is 1. The normalized spacial score (nSPS) is 18.4. The van der Waals surface area contributed by atoms with Gasteiger partial charge >= 0.3 is 5.97 Å². The second-order valence-corrected chi connectivity index (χ2v) is 11.0. The van der Waals surface area contributed by atoms with E-state index in [0.29, 0.717) is 6.42 Å². The van der Waals surface area contributed by atoms with E-state index in [0.717, 1.165) is 32.7 Å². The van der Waals surface area contributed by atoms with Crippen LogP contribution in [0.25, 0.3) is 16.5 Å². The van der Waals surface area contributed by atoms with Gasteiger partial charge in [0.15, 0.2) is 0 Å². The molecule has 8 heteroatoms. The Morgan fingerprint density at radius 3 is 2.53 bits per heavy atom. The minimum absolute atomic E-state index is 0.0109. The van der Waals surface area contributed by atoms with Crippen LogP contribution in [0, 0.1) is 18.6 Å². The van der Waals surface area contributed by atoms with E-state index in [2.05, 4.69) is 9.72 Å². The topological polar surface area (TPSA) is 42.4 Å². The van der Waals surface area contributed by atoms with Gasteiger partial charge in [-0.25, -0.2) is 22.9 Å². The number of benzene rings is 2.